The van der Waals surface area contributed by atoms with E-state index in [1.807, 2.05) is 12.1 Å². The van der Waals surface area contributed by atoms with Crippen molar-refractivity contribution < 1.29 is 4.74 Å². The Morgan fingerprint density at radius 3 is 2.50 bits per heavy atom. The van der Waals surface area contributed by atoms with E-state index in [9.17, 15) is 0 Å². The fourth-order valence-corrected chi connectivity index (χ4v) is 1.78. The maximum absolute atomic E-state index is 5.97. The van der Waals surface area contributed by atoms with E-state index in [-0.39, 0.29) is 5.60 Å². The van der Waals surface area contributed by atoms with Crippen LogP contribution in [0.5, 0.6) is 5.75 Å². The molecule has 1 heteroatoms. The van der Waals surface area contributed by atoms with Crippen LogP contribution < -0.4 is 4.74 Å². The summed E-state index contributed by atoms with van der Waals surface area (Å²) in [5, 5.41) is 0. The summed E-state index contributed by atoms with van der Waals surface area (Å²) in [6.07, 6.45) is 7.58. The van der Waals surface area contributed by atoms with Gasteiger partial charge in [-0.2, -0.15) is 0 Å². The Labute approximate surface area is 97.4 Å². The van der Waals surface area contributed by atoms with Crippen LogP contribution in [0.25, 0.3) is 5.57 Å². The third kappa shape index (κ3) is 2.54. The topological polar surface area (TPSA) is 9.23 Å². The molecule has 0 aliphatic heterocycles. The predicted octanol–water partition coefficient (Wildman–Crippen LogP) is 4.21. The number of hydrogen-bond acceptors (Lipinski definition) is 1. The lowest BCUT2D eigenvalue weighted by Gasteiger charge is -2.23. The summed E-state index contributed by atoms with van der Waals surface area (Å²) in [4.78, 5) is 0. The Morgan fingerprint density at radius 1 is 1.12 bits per heavy atom. The number of benzene rings is 1. The van der Waals surface area contributed by atoms with Crippen molar-refractivity contribution in [3.63, 3.8) is 0 Å². The van der Waals surface area contributed by atoms with Gasteiger partial charge in [-0.15, -0.1) is 0 Å². The van der Waals surface area contributed by atoms with Gasteiger partial charge in [0.1, 0.15) is 11.4 Å². The second-order valence-electron chi connectivity index (χ2n) is 5.01. The first-order chi connectivity index (χ1) is 7.56. The van der Waals surface area contributed by atoms with Gasteiger partial charge in [-0.1, -0.05) is 36.4 Å². The van der Waals surface area contributed by atoms with Gasteiger partial charge >= 0.3 is 0 Å². The summed E-state index contributed by atoms with van der Waals surface area (Å²) in [5.41, 5.74) is 2.30. The smallest absolute Gasteiger partial charge is 0.127 e. The van der Waals surface area contributed by atoms with Crippen molar-refractivity contribution in [3.05, 3.63) is 48.1 Å². The molecule has 2 rings (SSSR count). The number of ether oxygens (including phenoxy) is 1. The van der Waals surface area contributed by atoms with Crippen LogP contribution in [0.1, 0.15) is 32.8 Å². The second kappa shape index (κ2) is 4.17. The lowest BCUT2D eigenvalue weighted by molar-refractivity contribution is 0.130. The van der Waals surface area contributed by atoms with Crippen LogP contribution in [-0.2, 0) is 0 Å². The average molecular weight is 214 g/mol. The van der Waals surface area contributed by atoms with E-state index in [1.165, 1.54) is 11.1 Å². The minimum atomic E-state index is -0.154. The van der Waals surface area contributed by atoms with Gasteiger partial charge in [-0.3, -0.25) is 0 Å². The zero-order valence-corrected chi connectivity index (χ0v) is 10.2. The molecular weight excluding hydrogens is 196 g/mol. The van der Waals surface area contributed by atoms with Crippen LogP contribution in [0.4, 0.5) is 0 Å². The maximum Gasteiger partial charge on any atom is 0.127 e. The molecule has 1 aromatic carbocycles. The molecule has 0 amide bonds. The number of allylic oxidation sites excluding steroid dienone is 4. The molecule has 0 saturated carbocycles. The molecule has 0 atom stereocenters. The van der Waals surface area contributed by atoms with Gasteiger partial charge in [0.15, 0.2) is 0 Å². The van der Waals surface area contributed by atoms with E-state index >= 15 is 0 Å². The molecule has 0 N–H and O–H groups in total. The number of para-hydroxylation sites is 1. The first-order valence-corrected chi connectivity index (χ1v) is 5.71. The highest BCUT2D eigenvalue weighted by molar-refractivity contribution is 5.79. The summed E-state index contributed by atoms with van der Waals surface area (Å²) in [7, 11) is 0. The number of hydrogen-bond donors (Lipinski definition) is 0. The molecule has 1 nitrogen and oxygen atoms in total. The molecule has 0 aromatic heterocycles. The van der Waals surface area contributed by atoms with E-state index in [1.54, 1.807) is 0 Å². The van der Waals surface area contributed by atoms with Gasteiger partial charge in [0.2, 0.25) is 0 Å². The van der Waals surface area contributed by atoms with E-state index in [2.05, 4.69) is 51.1 Å². The van der Waals surface area contributed by atoms with Gasteiger partial charge in [0, 0.05) is 5.56 Å². The molecule has 1 aliphatic carbocycles. The standard InChI is InChI=1S/C15H18O/c1-15(2,3)16-14-11-7-6-10-13(14)12-8-4-5-9-12/h4,6-11H,5H2,1-3H3. The summed E-state index contributed by atoms with van der Waals surface area (Å²) in [6, 6.07) is 8.22. The Hall–Kier alpha value is -1.50. The molecule has 84 valence electrons. The lowest BCUT2D eigenvalue weighted by Crippen LogP contribution is -2.23. The molecule has 0 spiro atoms. The Morgan fingerprint density at radius 2 is 1.88 bits per heavy atom. The highest BCUT2D eigenvalue weighted by atomic mass is 16.5. The molecule has 0 bridgehead atoms. The van der Waals surface area contributed by atoms with Crippen molar-refractivity contribution in [2.45, 2.75) is 32.8 Å². The predicted molar refractivity (Wildman–Crippen MR) is 68.6 cm³/mol. The normalized spacial score (nSPS) is 15.1. The van der Waals surface area contributed by atoms with Crippen LogP contribution in [0, 0.1) is 0 Å². The molecule has 0 radical (unpaired) electrons. The Balaban J connectivity index is 2.34. The molecule has 0 heterocycles. The summed E-state index contributed by atoms with van der Waals surface area (Å²) in [5.74, 6) is 0.966. The fraction of sp³-hybridized carbons (Fsp3) is 0.333. The van der Waals surface area contributed by atoms with Crippen LogP contribution in [0.3, 0.4) is 0 Å². The van der Waals surface area contributed by atoms with Crippen molar-refractivity contribution in [3.8, 4) is 5.75 Å². The first kappa shape index (κ1) is 11.0. The van der Waals surface area contributed by atoms with E-state index in [4.69, 9.17) is 4.74 Å². The fourth-order valence-electron chi connectivity index (χ4n) is 1.78. The highest BCUT2D eigenvalue weighted by Gasteiger charge is 2.15. The second-order valence-corrected chi connectivity index (χ2v) is 5.01. The van der Waals surface area contributed by atoms with E-state index < -0.39 is 0 Å². The zero-order chi connectivity index (χ0) is 11.6. The third-order valence-electron chi connectivity index (χ3n) is 2.39. The van der Waals surface area contributed by atoms with Crippen LogP contribution in [0.2, 0.25) is 0 Å². The first-order valence-electron chi connectivity index (χ1n) is 5.71. The minimum Gasteiger partial charge on any atom is -0.488 e. The van der Waals surface area contributed by atoms with E-state index in [0.717, 1.165) is 12.2 Å². The van der Waals surface area contributed by atoms with Crippen LogP contribution in [0.15, 0.2) is 42.5 Å². The maximum atomic E-state index is 5.97. The molecule has 1 aromatic rings. The third-order valence-corrected chi connectivity index (χ3v) is 2.39. The van der Waals surface area contributed by atoms with Gasteiger partial charge in [0.25, 0.3) is 0 Å². The van der Waals surface area contributed by atoms with Gasteiger partial charge in [-0.05, 0) is 38.8 Å². The molecule has 0 unspecified atom stereocenters. The Kier molecular flexibility index (Phi) is 2.86. The monoisotopic (exact) mass is 214 g/mol. The van der Waals surface area contributed by atoms with Crippen LogP contribution in [-0.4, -0.2) is 5.60 Å². The van der Waals surface area contributed by atoms with Crippen molar-refractivity contribution >= 4 is 5.57 Å². The molecular formula is C15H18O. The van der Waals surface area contributed by atoms with Crippen molar-refractivity contribution in [2.24, 2.45) is 0 Å². The quantitative estimate of drug-likeness (QED) is 0.716. The highest BCUT2D eigenvalue weighted by Crippen LogP contribution is 2.31. The van der Waals surface area contributed by atoms with Crippen molar-refractivity contribution in [1.82, 2.24) is 0 Å². The minimum absolute atomic E-state index is 0.154. The SMILES string of the molecule is CC(C)(C)Oc1ccccc1C1=CCC=C1. The summed E-state index contributed by atoms with van der Waals surface area (Å²) < 4.78 is 5.97. The molecule has 16 heavy (non-hydrogen) atoms. The zero-order valence-electron chi connectivity index (χ0n) is 10.2. The average Bonchev–Trinajstić information content (AvgIpc) is 2.69. The van der Waals surface area contributed by atoms with Crippen molar-refractivity contribution in [2.75, 3.05) is 0 Å². The van der Waals surface area contributed by atoms with Crippen LogP contribution >= 0.6 is 0 Å². The lowest BCUT2D eigenvalue weighted by atomic mass is 10.1. The summed E-state index contributed by atoms with van der Waals surface area (Å²) in [6.45, 7) is 6.22. The van der Waals surface area contributed by atoms with Gasteiger partial charge in [0.05, 0.1) is 0 Å². The molecule has 0 fully saturated rings. The van der Waals surface area contributed by atoms with Crippen molar-refractivity contribution in [1.29, 1.82) is 0 Å². The number of rotatable bonds is 2. The van der Waals surface area contributed by atoms with Gasteiger partial charge < -0.3 is 4.74 Å². The molecule has 0 saturated heterocycles. The summed E-state index contributed by atoms with van der Waals surface area (Å²) >= 11 is 0. The van der Waals surface area contributed by atoms with Gasteiger partial charge in [-0.25, -0.2) is 0 Å². The molecule has 1 aliphatic rings. The Bertz CT molecular complexity index is 433. The largest absolute Gasteiger partial charge is 0.488 e. The van der Waals surface area contributed by atoms with E-state index in [0.29, 0.717) is 0 Å².